The highest BCUT2D eigenvalue weighted by Gasteiger charge is 2.15. The van der Waals surface area contributed by atoms with Gasteiger partial charge < -0.3 is 10.4 Å². The van der Waals surface area contributed by atoms with Gasteiger partial charge in [0.1, 0.15) is 0 Å². The molecular weight excluding hydrogens is 248 g/mol. The largest absolute Gasteiger partial charge is 0.393 e. The van der Waals surface area contributed by atoms with Gasteiger partial charge in [-0.25, -0.2) is 0 Å². The van der Waals surface area contributed by atoms with E-state index in [1.165, 1.54) is 6.07 Å². The first-order valence-electron chi connectivity index (χ1n) is 6.21. The summed E-state index contributed by atoms with van der Waals surface area (Å²) in [5.74, 6) is -0.280. The van der Waals surface area contributed by atoms with Gasteiger partial charge in [-0.1, -0.05) is 25.1 Å². The number of hydrogen-bond donors (Lipinski definition) is 2. The average molecular weight is 266 g/mol. The third-order valence-corrected chi connectivity index (χ3v) is 2.81. The molecule has 0 aliphatic rings. The maximum Gasteiger partial charge on any atom is 0.273 e. The maximum atomic E-state index is 11.6. The molecular formula is C13H18N2O4. The van der Waals surface area contributed by atoms with E-state index in [-0.39, 0.29) is 18.0 Å². The van der Waals surface area contributed by atoms with Crippen molar-refractivity contribution in [1.29, 1.82) is 0 Å². The molecule has 0 bridgehead atoms. The van der Waals surface area contributed by atoms with Crippen LogP contribution in [0.4, 0.5) is 5.69 Å². The molecule has 0 aliphatic carbocycles. The zero-order chi connectivity index (χ0) is 14.3. The fourth-order valence-corrected chi connectivity index (χ4v) is 1.66. The van der Waals surface area contributed by atoms with Gasteiger partial charge in [-0.2, -0.15) is 0 Å². The van der Waals surface area contributed by atoms with E-state index < -0.39 is 11.0 Å². The normalized spacial score (nSPS) is 11.9. The Morgan fingerprint density at radius 1 is 1.47 bits per heavy atom. The molecule has 1 aromatic carbocycles. The maximum absolute atomic E-state index is 11.6. The van der Waals surface area contributed by atoms with Crippen molar-refractivity contribution in [2.24, 2.45) is 0 Å². The number of rotatable bonds is 7. The van der Waals surface area contributed by atoms with E-state index in [4.69, 9.17) is 0 Å². The Balaban J connectivity index is 2.51. The minimum absolute atomic E-state index is 0.0284. The number of nitrogens with one attached hydrogen (secondary N) is 1. The smallest absolute Gasteiger partial charge is 0.273 e. The van der Waals surface area contributed by atoms with Crippen LogP contribution in [0.2, 0.25) is 0 Å². The molecule has 0 saturated heterocycles. The Morgan fingerprint density at radius 2 is 2.16 bits per heavy atom. The first-order valence-corrected chi connectivity index (χ1v) is 6.21. The van der Waals surface area contributed by atoms with E-state index in [0.717, 1.165) is 0 Å². The molecule has 1 atom stereocenters. The molecule has 19 heavy (non-hydrogen) atoms. The molecule has 0 heterocycles. The molecule has 1 rings (SSSR count). The van der Waals surface area contributed by atoms with Gasteiger partial charge in [-0.3, -0.25) is 14.9 Å². The topological polar surface area (TPSA) is 92.5 Å². The third kappa shape index (κ3) is 5.05. The standard InChI is InChI=1S/C13H18N2O4/c1-2-11(16)7-8-14-13(17)9-10-5-3-4-6-12(10)15(18)19/h3-6,11,16H,2,7-9H2,1H3,(H,14,17). The van der Waals surface area contributed by atoms with Crippen molar-refractivity contribution >= 4 is 11.6 Å². The van der Waals surface area contributed by atoms with Crippen molar-refractivity contribution in [3.63, 3.8) is 0 Å². The second kappa shape index (κ2) is 7.48. The number of aliphatic hydroxyl groups excluding tert-OH is 1. The fourth-order valence-electron chi connectivity index (χ4n) is 1.66. The number of nitrogens with zero attached hydrogens (tertiary/aromatic N) is 1. The number of para-hydroxylation sites is 1. The highest BCUT2D eigenvalue weighted by molar-refractivity contribution is 5.79. The number of aliphatic hydroxyl groups is 1. The summed E-state index contributed by atoms with van der Waals surface area (Å²) in [5, 5.41) is 22.8. The van der Waals surface area contributed by atoms with Gasteiger partial charge in [0.2, 0.25) is 5.91 Å². The summed E-state index contributed by atoms with van der Waals surface area (Å²) in [7, 11) is 0. The van der Waals surface area contributed by atoms with Crippen LogP contribution < -0.4 is 5.32 Å². The van der Waals surface area contributed by atoms with E-state index in [2.05, 4.69) is 5.32 Å². The van der Waals surface area contributed by atoms with Crippen molar-refractivity contribution in [2.45, 2.75) is 32.3 Å². The van der Waals surface area contributed by atoms with Gasteiger partial charge in [0.15, 0.2) is 0 Å². The van der Waals surface area contributed by atoms with Crippen LogP contribution in [0.15, 0.2) is 24.3 Å². The van der Waals surface area contributed by atoms with Gasteiger partial charge >= 0.3 is 0 Å². The second-order valence-electron chi connectivity index (χ2n) is 4.26. The van der Waals surface area contributed by atoms with Gasteiger partial charge in [0, 0.05) is 18.2 Å². The van der Waals surface area contributed by atoms with Crippen molar-refractivity contribution < 1.29 is 14.8 Å². The predicted molar refractivity (Wildman–Crippen MR) is 70.7 cm³/mol. The van der Waals surface area contributed by atoms with E-state index in [1.807, 2.05) is 6.92 Å². The van der Waals surface area contributed by atoms with Crippen LogP contribution in [0.5, 0.6) is 0 Å². The zero-order valence-corrected chi connectivity index (χ0v) is 10.8. The highest BCUT2D eigenvalue weighted by atomic mass is 16.6. The van der Waals surface area contributed by atoms with Crippen molar-refractivity contribution in [2.75, 3.05) is 6.54 Å². The monoisotopic (exact) mass is 266 g/mol. The molecule has 0 fully saturated rings. The molecule has 0 saturated carbocycles. The fraction of sp³-hybridized carbons (Fsp3) is 0.462. The predicted octanol–water partition coefficient (Wildman–Crippen LogP) is 1.41. The van der Waals surface area contributed by atoms with E-state index >= 15 is 0 Å². The summed E-state index contributed by atoms with van der Waals surface area (Å²) >= 11 is 0. The van der Waals surface area contributed by atoms with Crippen LogP contribution in [0.25, 0.3) is 0 Å². The Hall–Kier alpha value is -1.95. The molecule has 1 amide bonds. The van der Waals surface area contributed by atoms with Crippen LogP contribution >= 0.6 is 0 Å². The molecule has 0 spiro atoms. The minimum Gasteiger partial charge on any atom is -0.393 e. The summed E-state index contributed by atoms with van der Waals surface area (Å²) < 4.78 is 0. The lowest BCUT2D eigenvalue weighted by Crippen LogP contribution is -2.28. The molecule has 2 N–H and O–H groups in total. The first kappa shape index (κ1) is 15.1. The minimum atomic E-state index is -0.497. The molecule has 6 heteroatoms. The molecule has 1 aromatic rings. The number of hydrogen-bond acceptors (Lipinski definition) is 4. The molecule has 0 aromatic heterocycles. The number of carbonyl (C=O) groups is 1. The number of amides is 1. The van der Waals surface area contributed by atoms with Crippen molar-refractivity contribution in [1.82, 2.24) is 5.32 Å². The van der Waals surface area contributed by atoms with Gasteiger partial charge in [-0.15, -0.1) is 0 Å². The number of nitro groups is 1. The molecule has 6 nitrogen and oxygen atoms in total. The Bertz CT molecular complexity index is 448. The van der Waals surface area contributed by atoms with Crippen LogP contribution in [-0.2, 0) is 11.2 Å². The Kier molecular flexibility index (Phi) is 5.95. The van der Waals surface area contributed by atoms with Gasteiger partial charge in [0.25, 0.3) is 5.69 Å². The molecule has 0 aliphatic heterocycles. The van der Waals surface area contributed by atoms with Crippen LogP contribution in [0.1, 0.15) is 25.3 Å². The summed E-state index contributed by atoms with van der Waals surface area (Å²) in [4.78, 5) is 21.9. The molecule has 1 unspecified atom stereocenters. The molecule has 0 radical (unpaired) electrons. The van der Waals surface area contributed by atoms with Crippen molar-refractivity contribution in [3.8, 4) is 0 Å². The van der Waals surface area contributed by atoms with Crippen LogP contribution in [0.3, 0.4) is 0 Å². The van der Waals surface area contributed by atoms with E-state index in [0.29, 0.717) is 24.9 Å². The Morgan fingerprint density at radius 3 is 2.79 bits per heavy atom. The van der Waals surface area contributed by atoms with Crippen molar-refractivity contribution in [3.05, 3.63) is 39.9 Å². The quantitative estimate of drug-likeness (QED) is 0.576. The number of nitro benzene ring substituents is 1. The first-order chi connectivity index (χ1) is 9.04. The van der Waals surface area contributed by atoms with E-state index in [9.17, 15) is 20.0 Å². The summed E-state index contributed by atoms with van der Waals surface area (Å²) in [5.41, 5.74) is 0.340. The lowest BCUT2D eigenvalue weighted by atomic mass is 10.1. The SMILES string of the molecule is CCC(O)CCNC(=O)Cc1ccccc1[N+](=O)[O-]. The lowest BCUT2D eigenvalue weighted by Gasteiger charge is -2.09. The summed E-state index contributed by atoms with van der Waals surface area (Å²) in [6.07, 6.45) is 0.671. The lowest BCUT2D eigenvalue weighted by molar-refractivity contribution is -0.385. The zero-order valence-electron chi connectivity index (χ0n) is 10.8. The average Bonchev–Trinajstić information content (AvgIpc) is 2.38. The number of benzene rings is 1. The third-order valence-electron chi connectivity index (χ3n) is 2.81. The summed E-state index contributed by atoms with van der Waals surface area (Å²) in [6.45, 7) is 2.23. The van der Waals surface area contributed by atoms with E-state index in [1.54, 1.807) is 18.2 Å². The van der Waals surface area contributed by atoms with Gasteiger partial charge in [0.05, 0.1) is 17.4 Å². The number of carbonyl (C=O) groups excluding carboxylic acids is 1. The Labute approximate surface area is 111 Å². The highest BCUT2D eigenvalue weighted by Crippen LogP contribution is 2.17. The van der Waals surface area contributed by atoms with Gasteiger partial charge in [-0.05, 0) is 12.8 Å². The summed E-state index contributed by atoms with van der Waals surface area (Å²) in [6, 6.07) is 6.18. The van der Waals surface area contributed by atoms with Crippen LogP contribution in [-0.4, -0.2) is 28.6 Å². The van der Waals surface area contributed by atoms with Crippen LogP contribution in [0, 0.1) is 10.1 Å². The molecule has 104 valence electrons. The second-order valence-corrected chi connectivity index (χ2v) is 4.26.